The van der Waals surface area contributed by atoms with E-state index in [2.05, 4.69) is 41.7 Å². The van der Waals surface area contributed by atoms with Gasteiger partial charge in [-0.2, -0.15) is 0 Å². The van der Waals surface area contributed by atoms with Crippen LogP contribution >= 0.6 is 11.6 Å². The summed E-state index contributed by atoms with van der Waals surface area (Å²) in [6, 6.07) is 25.9. The Hall–Kier alpha value is -2.33. The summed E-state index contributed by atoms with van der Waals surface area (Å²) in [7, 11) is 0. The summed E-state index contributed by atoms with van der Waals surface area (Å²) in [6.07, 6.45) is 0.780. The van der Waals surface area contributed by atoms with Crippen molar-refractivity contribution in [2.24, 2.45) is 0 Å². The lowest BCUT2D eigenvalue weighted by atomic mass is 9.95. The van der Waals surface area contributed by atoms with Crippen molar-refractivity contribution in [2.45, 2.75) is 31.1 Å². The highest BCUT2D eigenvalue weighted by atomic mass is 35.5. The lowest BCUT2D eigenvalue weighted by Gasteiger charge is -2.24. The number of hydrogen-bond donors (Lipinski definition) is 2. The number of rotatable bonds is 5. The molecular weight excluding hydrogens is 370 g/mol. The maximum Gasteiger partial charge on any atom is 0.127 e. The molecule has 1 aliphatic rings. The molecule has 3 atom stereocenters. The Morgan fingerprint density at radius 3 is 2.43 bits per heavy atom. The van der Waals surface area contributed by atoms with Crippen molar-refractivity contribution < 1.29 is 9.84 Å². The molecule has 0 aliphatic carbocycles. The first-order valence-electron chi connectivity index (χ1n) is 9.67. The van der Waals surface area contributed by atoms with Gasteiger partial charge in [0.1, 0.15) is 11.9 Å². The minimum Gasteiger partial charge on any atom is -0.485 e. The van der Waals surface area contributed by atoms with Crippen LogP contribution in [0.25, 0.3) is 0 Å². The van der Waals surface area contributed by atoms with Crippen molar-refractivity contribution in [3.8, 4) is 5.75 Å². The van der Waals surface area contributed by atoms with Gasteiger partial charge in [-0.15, -0.1) is 0 Å². The molecule has 3 aromatic carbocycles. The Morgan fingerprint density at radius 1 is 0.964 bits per heavy atom. The highest BCUT2D eigenvalue weighted by molar-refractivity contribution is 6.30. The molecule has 0 saturated carbocycles. The first kappa shape index (κ1) is 19.0. The van der Waals surface area contributed by atoms with Crippen LogP contribution in [-0.2, 0) is 6.42 Å². The number of benzene rings is 3. The molecule has 1 heterocycles. The van der Waals surface area contributed by atoms with Crippen molar-refractivity contribution >= 4 is 11.6 Å². The quantitative estimate of drug-likeness (QED) is 0.633. The topological polar surface area (TPSA) is 41.5 Å². The van der Waals surface area contributed by atoms with E-state index in [0.717, 1.165) is 24.1 Å². The Balaban J connectivity index is 1.56. The van der Waals surface area contributed by atoms with Gasteiger partial charge in [-0.25, -0.2) is 0 Å². The second-order valence-electron chi connectivity index (χ2n) is 7.18. The molecule has 1 aliphatic heterocycles. The molecule has 0 spiro atoms. The highest BCUT2D eigenvalue weighted by Crippen LogP contribution is 2.39. The molecule has 2 N–H and O–H groups in total. The zero-order chi connectivity index (χ0) is 19.3. The molecular formula is C24H24ClNO2. The molecule has 0 saturated heterocycles. The molecule has 4 rings (SSSR count). The highest BCUT2D eigenvalue weighted by Gasteiger charge is 2.32. The summed E-state index contributed by atoms with van der Waals surface area (Å²) in [5.41, 5.74) is 3.15. The van der Waals surface area contributed by atoms with Crippen molar-refractivity contribution in [3.05, 3.63) is 101 Å². The molecule has 0 aromatic heterocycles. The number of aliphatic hydroxyl groups excluding tert-OH is 1. The van der Waals surface area contributed by atoms with Gasteiger partial charge in [-0.05, 0) is 36.2 Å². The second kappa shape index (κ2) is 8.78. The molecule has 144 valence electrons. The van der Waals surface area contributed by atoms with Crippen LogP contribution in [0.3, 0.4) is 0 Å². The Bertz CT molecular complexity index is 901. The Labute approximate surface area is 170 Å². The maximum absolute atomic E-state index is 11.1. The van der Waals surface area contributed by atoms with Gasteiger partial charge < -0.3 is 15.2 Å². The van der Waals surface area contributed by atoms with Crippen LogP contribution in [0.15, 0.2) is 78.9 Å². The first-order valence-corrected chi connectivity index (χ1v) is 10.0. The number of halogens is 1. The molecule has 4 heteroatoms. The van der Waals surface area contributed by atoms with Crippen LogP contribution in [-0.4, -0.2) is 17.7 Å². The van der Waals surface area contributed by atoms with Gasteiger partial charge in [0.05, 0.1) is 6.10 Å². The van der Waals surface area contributed by atoms with E-state index < -0.39 is 6.10 Å². The van der Waals surface area contributed by atoms with Gasteiger partial charge in [0.15, 0.2) is 0 Å². The van der Waals surface area contributed by atoms with Crippen LogP contribution < -0.4 is 10.1 Å². The molecule has 28 heavy (non-hydrogen) atoms. The fraction of sp³-hybridized carbons (Fsp3) is 0.250. The van der Waals surface area contributed by atoms with Gasteiger partial charge in [-0.1, -0.05) is 78.3 Å². The maximum atomic E-state index is 11.1. The summed E-state index contributed by atoms with van der Waals surface area (Å²) in [6.45, 7) is 0.788. The number of nitrogens with one attached hydrogen (secondary N) is 1. The number of hydrogen-bond acceptors (Lipinski definition) is 3. The fourth-order valence-electron chi connectivity index (χ4n) is 3.75. The molecule has 0 radical (unpaired) electrons. The van der Waals surface area contributed by atoms with E-state index in [-0.39, 0.29) is 12.1 Å². The number of ether oxygens (including phenoxy) is 1. The van der Waals surface area contributed by atoms with Gasteiger partial charge in [-0.3, -0.25) is 0 Å². The normalized spacial score (nSPS) is 21.4. The number of aliphatic hydroxyl groups is 1. The lowest BCUT2D eigenvalue weighted by molar-refractivity contribution is 0.112. The monoisotopic (exact) mass is 393 g/mol. The van der Waals surface area contributed by atoms with Crippen LogP contribution in [0.5, 0.6) is 5.75 Å². The summed E-state index contributed by atoms with van der Waals surface area (Å²) in [5, 5.41) is 15.2. The van der Waals surface area contributed by atoms with Gasteiger partial charge in [0.25, 0.3) is 0 Å². The average molecular weight is 394 g/mol. The molecule has 0 amide bonds. The van der Waals surface area contributed by atoms with Crippen molar-refractivity contribution in [2.75, 3.05) is 6.54 Å². The van der Waals surface area contributed by atoms with E-state index in [1.807, 2.05) is 30.3 Å². The van der Waals surface area contributed by atoms with E-state index in [1.54, 1.807) is 12.1 Å². The van der Waals surface area contributed by atoms with Crippen LogP contribution in [0.4, 0.5) is 0 Å². The van der Waals surface area contributed by atoms with Crippen molar-refractivity contribution in [3.63, 3.8) is 0 Å². The molecule has 3 unspecified atom stereocenters. The smallest absolute Gasteiger partial charge is 0.127 e. The summed E-state index contributed by atoms with van der Waals surface area (Å²) < 4.78 is 6.30. The van der Waals surface area contributed by atoms with Crippen molar-refractivity contribution in [1.29, 1.82) is 0 Å². The van der Waals surface area contributed by atoms with Gasteiger partial charge in [0, 0.05) is 23.0 Å². The van der Waals surface area contributed by atoms with E-state index >= 15 is 0 Å². The van der Waals surface area contributed by atoms with Gasteiger partial charge in [0.2, 0.25) is 0 Å². The minimum absolute atomic E-state index is 0.114. The Morgan fingerprint density at radius 2 is 1.68 bits per heavy atom. The number of fused-ring (bicyclic) bond motifs is 1. The van der Waals surface area contributed by atoms with Crippen LogP contribution in [0.2, 0.25) is 5.02 Å². The molecule has 3 nitrogen and oxygen atoms in total. The predicted octanol–water partition coefficient (Wildman–Crippen LogP) is 5.10. The third-order valence-electron chi connectivity index (χ3n) is 5.25. The first-order chi connectivity index (χ1) is 13.7. The molecule has 0 fully saturated rings. The Kier molecular flexibility index (Phi) is 5.96. The predicted molar refractivity (Wildman–Crippen MR) is 113 cm³/mol. The van der Waals surface area contributed by atoms with Gasteiger partial charge >= 0.3 is 0 Å². The second-order valence-corrected chi connectivity index (χ2v) is 7.61. The fourth-order valence-corrected chi connectivity index (χ4v) is 3.91. The minimum atomic E-state index is -0.656. The zero-order valence-corrected chi connectivity index (χ0v) is 16.3. The third-order valence-corrected chi connectivity index (χ3v) is 5.48. The SMILES string of the molecule is OC1c2ccc(Cl)cc2OC(c2ccccc2)CC1NCCc1ccccc1. The van der Waals surface area contributed by atoms with Crippen molar-refractivity contribution in [1.82, 2.24) is 5.32 Å². The van der Waals surface area contributed by atoms with E-state index in [9.17, 15) is 5.11 Å². The average Bonchev–Trinajstić information content (AvgIpc) is 2.86. The summed E-state index contributed by atoms with van der Waals surface area (Å²) in [4.78, 5) is 0. The lowest BCUT2D eigenvalue weighted by Crippen LogP contribution is -2.37. The van der Waals surface area contributed by atoms with E-state index in [1.165, 1.54) is 5.56 Å². The summed E-state index contributed by atoms with van der Waals surface area (Å²) in [5.74, 6) is 0.654. The molecule has 3 aromatic rings. The van der Waals surface area contributed by atoms with Crippen LogP contribution in [0.1, 0.15) is 35.3 Å². The standard InChI is InChI=1S/C24H24ClNO2/c25-19-11-12-20-23(15-19)28-22(18-9-5-2-6-10-18)16-21(24(20)27)26-14-13-17-7-3-1-4-8-17/h1-12,15,21-22,24,26-27H,13-14,16H2. The van der Waals surface area contributed by atoms with E-state index in [0.29, 0.717) is 17.2 Å². The zero-order valence-electron chi connectivity index (χ0n) is 15.6. The summed E-state index contributed by atoms with van der Waals surface area (Å²) >= 11 is 6.18. The van der Waals surface area contributed by atoms with E-state index in [4.69, 9.17) is 16.3 Å². The third kappa shape index (κ3) is 4.39. The van der Waals surface area contributed by atoms with Crippen LogP contribution in [0, 0.1) is 0 Å². The molecule has 0 bridgehead atoms. The largest absolute Gasteiger partial charge is 0.485 e.